The van der Waals surface area contributed by atoms with Gasteiger partial charge in [-0.05, 0) is 78.2 Å². The van der Waals surface area contributed by atoms with Crippen molar-refractivity contribution in [3.8, 4) is 22.3 Å². The van der Waals surface area contributed by atoms with E-state index in [0.29, 0.717) is 0 Å². The fourth-order valence-electron chi connectivity index (χ4n) is 8.88. The summed E-state index contributed by atoms with van der Waals surface area (Å²) in [4.78, 5) is 0. The standard InChI is InChI=1S/C51H35OP/c52-53(41-19-6-2-7-20-41,42-21-8-3-9-22-42)43-32-30-39(31-33-43)51(48-26-14-12-24-45(48)46-25-13-15-27-49(46)51)40-29-28-38-34-37-18-10-11-23-44(37)50(47(38)35-40)36-16-4-1-5-17-36/h1-35H. The van der Waals surface area contributed by atoms with Crippen LogP contribution in [0.5, 0.6) is 0 Å². The van der Waals surface area contributed by atoms with Gasteiger partial charge in [-0.2, -0.15) is 0 Å². The number of benzene rings is 9. The van der Waals surface area contributed by atoms with E-state index in [0.717, 1.165) is 21.5 Å². The van der Waals surface area contributed by atoms with E-state index in [-0.39, 0.29) is 0 Å². The first-order valence-electron chi connectivity index (χ1n) is 18.2. The zero-order chi connectivity index (χ0) is 35.4. The van der Waals surface area contributed by atoms with Crippen molar-refractivity contribution >= 4 is 44.6 Å². The summed E-state index contributed by atoms with van der Waals surface area (Å²) in [6, 6.07) is 75.2. The van der Waals surface area contributed by atoms with Crippen molar-refractivity contribution in [2.24, 2.45) is 0 Å². The maximum absolute atomic E-state index is 15.4. The Hall–Kier alpha value is -6.27. The highest BCUT2D eigenvalue weighted by molar-refractivity contribution is 7.85. The normalized spacial score (nSPS) is 13.1. The molecule has 250 valence electrons. The summed E-state index contributed by atoms with van der Waals surface area (Å²) in [5.74, 6) is 0. The quantitative estimate of drug-likeness (QED) is 0.125. The molecule has 1 aliphatic carbocycles. The first-order chi connectivity index (χ1) is 26.2. The Balaban J connectivity index is 1.26. The molecule has 0 saturated heterocycles. The minimum Gasteiger partial charge on any atom is -0.309 e. The molecule has 0 radical (unpaired) electrons. The van der Waals surface area contributed by atoms with Gasteiger partial charge in [-0.25, -0.2) is 0 Å². The lowest BCUT2D eigenvalue weighted by atomic mass is 9.67. The van der Waals surface area contributed by atoms with E-state index in [1.807, 2.05) is 60.7 Å². The summed E-state index contributed by atoms with van der Waals surface area (Å²) in [5, 5.41) is 7.40. The van der Waals surface area contributed by atoms with Crippen LogP contribution in [0, 0.1) is 0 Å². The second-order valence-corrected chi connectivity index (χ2v) is 16.7. The Morgan fingerprint density at radius 3 is 1.45 bits per heavy atom. The van der Waals surface area contributed by atoms with Crippen LogP contribution in [0.2, 0.25) is 0 Å². The van der Waals surface area contributed by atoms with Crippen LogP contribution >= 0.6 is 7.14 Å². The Morgan fingerprint density at radius 2 is 0.830 bits per heavy atom. The van der Waals surface area contributed by atoms with Gasteiger partial charge in [-0.1, -0.05) is 200 Å². The molecule has 0 aromatic heterocycles. The third kappa shape index (κ3) is 4.75. The molecule has 0 saturated carbocycles. The molecule has 9 aromatic carbocycles. The molecule has 10 rings (SSSR count). The predicted octanol–water partition coefficient (Wildman–Crippen LogP) is 11.7. The Labute approximate surface area is 310 Å². The van der Waals surface area contributed by atoms with Crippen LogP contribution in [0.15, 0.2) is 212 Å². The van der Waals surface area contributed by atoms with E-state index in [4.69, 9.17) is 0 Å². The van der Waals surface area contributed by atoms with Crippen LogP contribution in [-0.4, -0.2) is 0 Å². The zero-order valence-corrected chi connectivity index (χ0v) is 30.0. The Kier molecular flexibility index (Phi) is 7.39. The predicted molar refractivity (Wildman–Crippen MR) is 224 cm³/mol. The largest absolute Gasteiger partial charge is 0.309 e. The van der Waals surface area contributed by atoms with Crippen molar-refractivity contribution in [2.75, 3.05) is 0 Å². The van der Waals surface area contributed by atoms with Crippen molar-refractivity contribution < 1.29 is 4.57 Å². The number of hydrogen-bond donors (Lipinski definition) is 0. The molecule has 0 N–H and O–H groups in total. The Bertz CT molecular complexity index is 2750. The minimum absolute atomic E-state index is 0.608. The van der Waals surface area contributed by atoms with Crippen molar-refractivity contribution in [3.63, 3.8) is 0 Å². The van der Waals surface area contributed by atoms with E-state index < -0.39 is 12.6 Å². The van der Waals surface area contributed by atoms with Crippen molar-refractivity contribution in [1.82, 2.24) is 0 Å². The number of rotatable bonds is 6. The molecule has 1 aliphatic rings. The van der Waals surface area contributed by atoms with Gasteiger partial charge in [0.2, 0.25) is 0 Å². The molecule has 0 heterocycles. The highest BCUT2D eigenvalue weighted by Crippen LogP contribution is 2.57. The lowest BCUT2D eigenvalue weighted by Gasteiger charge is -2.34. The molecule has 0 unspecified atom stereocenters. The van der Waals surface area contributed by atoms with Gasteiger partial charge in [-0.15, -0.1) is 0 Å². The molecule has 0 aliphatic heterocycles. The molecular weight excluding hydrogens is 660 g/mol. The van der Waals surface area contributed by atoms with Gasteiger partial charge in [0.1, 0.15) is 0 Å². The van der Waals surface area contributed by atoms with E-state index in [1.165, 1.54) is 60.5 Å². The van der Waals surface area contributed by atoms with Crippen LogP contribution in [0.3, 0.4) is 0 Å². The molecule has 0 spiro atoms. The molecule has 0 bridgehead atoms. The first-order valence-corrected chi connectivity index (χ1v) is 19.9. The highest BCUT2D eigenvalue weighted by atomic mass is 31.2. The van der Waals surface area contributed by atoms with E-state index in [1.54, 1.807) is 0 Å². The van der Waals surface area contributed by atoms with Crippen molar-refractivity contribution in [2.45, 2.75) is 5.41 Å². The van der Waals surface area contributed by atoms with Crippen LogP contribution in [-0.2, 0) is 9.98 Å². The average molecular weight is 695 g/mol. The van der Waals surface area contributed by atoms with E-state index >= 15 is 4.57 Å². The molecule has 0 amide bonds. The van der Waals surface area contributed by atoms with Gasteiger partial charge in [0.15, 0.2) is 7.14 Å². The lowest BCUT2D eigenvalue weighted by Crippen LogP contribution is -2.30. The molecule has 53 heavy (non-hydrogen) atoms. The van der Waals surface area contributed by atoms with Gasteiger partial charge >= 0.3 is 0 Å². The van der Waals surface area contributed by atoms with E-state index in [2.05, 4.69) is 152 Å². The highest BCUT2D eigenvalue weighted by Gasteiger charge is 2.46. The minimum atomic E-state index is -3.15. The SMILES string of the molecule is O=P(c1ccccc1)(c1ccccc1)c1ccc(C2(c3ccc4cc5ccccc5c(-c5ccccc5)c4c3)c3ccccc3-c3ccccc32)cc1. The monoisotopic (exact) mass is 694 g/mol. The maximum atomic E-state index is 15.4. The second-order valence-electron chi connectivity index (χ2n) is 13.9. The smallest absolute Gasteiger partial charge is 0.171 e. The van der Waals surface area contributed by atoms with Gasteiger partial charge in [0.05, 0.1) is 5.41 Å². The third-order valence-electron chi connectivity index (χ3n) is 11.2. The van der Waals surface area contributed by atoms with Gasteiger partial charge in [-0.3, -0.25) is 0 Å². The molecule has 0 atom stereocenters. The molecule has 0 fully saturated rings. The number of hydrogen-bond acceptors (Lipinski definition) is 1. The molecule has 9 aromatic rings. The summed E-state index contributed by atoms with van der Waals surface area (Å²) in [5.41, 5.74) is 9.19. The Morgan fingerprint density at radius 1 is 0.358 bits per heavy atom. The van der Waals surface area contributed by atoms with Gasteiger partial charge in [0, 0.05) is 15.9 Å². The number of fused-ring (bicyclic) bond motifs is 5. The summed E-state index contributed by atoms with van der Waals surface area (Å²) < 4.78 is 15.4. The topological polar surface area (TPSA) is 17.1 Å². The fourth-order valence-corrected chi connectivity index (χ4v) is 11.5. The maximum Gasteiger partial charge on any atom is 0.171 e. The summed E-state index contributed by atoms with van der Waals surface area (Å²) in [7, 11) is -3.15. The summed E-state index contributed by atoms with van der Waals surface area (Å²) in [6.07, 6.45) is 0. The molecule has 2 heteroatoms. The first kappa shape index (κ1) is 31.5. The van der Waals surface area contributed by atoms with E-state index in [9.17, 15) is 0 Å². The summed E-state index contributed by atoms with van der Waals surface area (Å²) in [6.45, 7) is 0. The average Bonchev–Trinajstić information content (AvgIpc) is 3.54. The van der Waals surface area contributed by atoms with Gasteiger partial charge in [0.25, 0.3) is 0 Å². The van der Waals surface area contributed by atoms with Crippen LogP contribution < -0.4 is 15.9 Å². The van der Waals surface area contributed by atoms with Crippen LogP contribution in [0.25, 0.3) is 43.8 Å². The van der Waals surface area contributed by atoms with Crippen molar-refractivity contribution in [1.29, 1.82) is 0 Å². The fraction of sp³-hybridized carbons (Fsp3) is 0.0196. The molecule has 1 nitrogen and oxygen atoms in total. The van der Waals surface area contributed by atoms with Gasteiger partial charge < -0.3 is 4.57 Å². The summed E-state index contributed by atoms with van der Waals surface area (Å²) >= 11 is 0. The lowest BCUT2D eigenvalue weighted by molar-refractivity contribution is 0.592. The zero-order valence-electron chi connectivity index (χ0n) is 29.1. The van der Waals surface area contributed by atoms with Crippen molar-refractivity contribution in [3.05, 3.63) is 235 Å². The second kappa shape index (κ2) is 12.4. The third-order valence-corrected chi connectivity index (χ3v) is 14.3. The van der Waals surface area contributed by atoms with Crippen LogP contribution in [0.4, 0.5) is 0 Å². The van der Waals surface area contributed by atoms with Crippen LogP contribution in [0.1, 0.15) is 22.3 Å². The molecular formula is C51H35OP.